The lowest BCUT2D eigenvalue weighted by molar-refractivity contribution is -0.170. The molecular weight excluding hydrogens is 350 g/mol. The quantitative estimate of drug-likeness (QED) is 0.585. The minimum absolute atomic E-state index is 0.0710. The van der Waals surface area contributed by atoms with Crippen LogP contribution < -0.4 is 0 Å². The molecule has 4 atom stereocenters. The minimum atomic E-state index is -0.490. The molecule has 1 aromatic carbocycles. The number of hydrogen-bond donors (Lipinski definition) is 0. The van der Waals surface area contributed by atoms with Crippen molar-refractivity contribution in [3.8, 4) is 0 Å². The van der Waals surface area contributed by atoms with E-state index in [1.54, 1.807) is 23.6 Å². The van der Waals surface area contributed by atoms with E-state index in [0.717, 1.165) is 5.56 Å². The Kier molecular flexibility index (Phi) is 5.15. The summed E-state index contributed by atoms with van der Waals surface area (Å²) in [6, 6.07) is 9.03. The van der Waals surface area contributed by atoms with Gasteiger partial charge in [0.15, 0.2) is 5.78 Å². The van der Waals surface area contributed by atoms with Crippen molar-refractivity contribution in [2.45, 2.75) is 51.6 Å². The van der Waals surface area contributed by atoms with Gasteiger partial charge in [-0.05, 0) is 12.5 Å². The van der Waals surface area contributed by atoms with Gasteiger partial charge in [-0.15, -0.1) is 11.8 Å². The largest absolute Gasteiger partial charge is 0.461 e. The van der Waals surface area contributed by atoms with Crippen LogP contribution in [0.2, 0.25) is 0 Å². The highest BCUT2D eigenvalue weighted by Gasteiger charge is 2.59. The second kappa shape index (κ2) is 7.06. The lowest BCUT2D eigenvalue weighted by Gasteiger charge is -2.46. The molecular formula is C20H25NO4S. The first-order valence-corrected chi connectivity index (χ1v) is 9.96. The topological polar surface area (TPSA) is 63.7 Å². The van der Waals surface area contributed by atoms with E-state index in [-0.39, 0.29) is 41.4 Å². The molecule has 0 N–H and O–H groups in total. The lowest BCUT2D eigenvalue weighted by atomic mass is 9.83. The van der Waals surface area contributed by atoms with Gasteiger partial charge in [0.25, 0.3) is 0 Å². The molecule has 0 aliphatic carbocycles. The molecule has 2 aliphatic rings. The first kappa shape index (κ1) is 19.0. The average molecular weight is 375 g/mol. The van der Waals surface area contributed by atoms with Gasteiger partial charge in [0.1, 0.15) is 18.1 Å². The fraction of sp³-hybridized carbons (Fsp3) is 0.550. The second-order valence-corrected chi connectivity index (χ2v) is 9.13. The van der Waals surface area contributed by atoms with Crippen LogP contribution in [-0.4, -0.2) is 45.8 Å². The SMILES string of the molecule is CC(OC(=O)Cc1ccccc1)C1C(=O)N2C(C(=O)C(C)(C)C)CSC12. The minimum Gasteiger partial charge on any atom is -0.461 e. The molecule has 1 aromatic rings. The van der Waals surface area contributed by atoms with Crippen LogP contribution in [0.15, 0.2) is 30.3 Å². The van der Waals surface area contributed by atoms with Crippen molar-refractivity contribution in [1.29, 1.82) is 0 Å². The average Bonchev–Trinajstić information content (AvgIpc) is 2.93. The maximum atomic E-state index is 12.6. The summed E-state index contributed by atoms with van der Waals surface area (Å²) < 4.78 is 5.52. The fourth-order valence-electron chi connectivity index (χ4n) is 3.51. The van der Waals surface area contributed by atoms with Gasteiger partial charge in [-0.3, -0.25) is 14.4 Å². The van der Waals surface area contributed by atoms with Crippen molar-refractivity contribution in [2.75, 3.05) is 5.75 Å². The summed E-state index contributed by atoms with van der Waals surface area (Å²) in [6.07, 6.45) is -0.297. The summed E-state index contributed by atoms with van der Waals surface area (Å²) in [4.78, 5) is 39.0. The predicted molar refractivity (Wildman–Crippen MR) is 101 cm³/mol. The number of β-lactam (4-membered cyclic amide) rings is 1. The van der Waals surface area contributed by atoms with Crippen molar-refractivity contribution in [1.82, 2.24) is 4.90 Å². The first-order valence-electron chi connectivity index (χ1n) is 8.91. The molecule has 3 rings (SSSR count). The third-order valence-electron chi connectivity index (χ3n) is 4.94. The van der Waals surface area contributed by atoms with E-state index in [2.05, 4.69) is 0 Å². The Hall–Kier alpha value is -1.82. The predicted octanol–water partition coefficient (Wildman–Crippen LogP) is 2.68. The number of Topliss-reactive ketones (excluding diaryl/α,β-unsaturated/α-hetero) is 1. The highest BCUT2D eigenvalue weighted by molar-refractivity contribution is 8.00. The van der Waals surface area contributed by atoms with Crippen LogP contribution in [0.1, 0.15) is 33.3 Å². The van der Waals surface area contributed by atoms with E-state index in [9.17, 15) is 14.4 Å². The summed E-state index contributed by atoms with van der Waals surface area (Å²) in [7, 11) is 0. The normalized spacial score (nSPS) is 26.1. The Morgan fingerprint density at radius 1 is 1.27 bits per heavy atom. The molecule has 2 saturated heterocycles. The molecule has 2 heterocycles. The van der Waals surface area contributed by atoms with Gasteiger partial charge < -0.3 is 9.64 Å². The number of hydrogen-bond acceptors (Lipinski definition) is 5. The number of fused-ring (bicyclic) bond motifs is 1. The number of carbonyl (C=O) groups excluding carboxylic acids is 3. The van der Waals surface area contributed by atoms with Crippen LogP contribution in [-0.2, 0) is 25.5 Å². The van der Waals surface area contributed by atoms with Crippen LogP contribution in [0.3, 0.4) is 0 Å². The first-order chi connectivity index (χ1) is 12.2. The molecule has 4 unspecified atom stereocenters. The van der Waals surface area contributed by atoms with Gasteiger partial charge in [0.2, 0.25) is 5.91 Å². The van der Waals surface area contributed by atoms with E-state index in [0.29, 0.717) is 5.75 Å². The molecule has 0 radical (unpaired) electrons. The standard InChI is InChI=1S/C20H25NO4S/c1-12(25-15(22)10-13-8-6-5-7-9-13)16-18(24)21-14(11-26-19(16)21)17(23)20(2,3)4/h5-9,12,14,16,19H,10-11H2,1-4H3. The third kappa shape index (κ3) is 3.52. The summed E-state index contributed by atoms with van der Waals surface area (Å²) in [5.74, 6) is -0.0679. The number of rotatable bonds is 5. The maximum absolute atomic E-state index is 12.6. The van der Waals surface area contributed by atoms with E-state index in [1.807, 2.05) is 51.1 Å². The van der Waals surface area contributed by atoms with Crippen LogP contribution in [0.4, 0.5) is 0 Å². The van der Waals surface area contributed by atoms with Crippen LogP contribution in [0.25, 0.3) is 0 Å². The number of esters is 1. The Balaban J connectivity index is 1.59. The van der Waals surface area contributed by atoms with E-state index in [1.165, 1.54) is 0 Å². The molecule has 6 heteroatoms. The Labute approximate surface area is 158 Å². The van der Waals surface area contributed by atoms with Crippen molar-refractivity contribution in [2.24, 2.45) is 11.3 Å². The second-order valence-electron chi connectivity index (χ2n) is 7.98. The fourth-order valence-corrected chi connectivity index (χ4v) is 5.16. The third-order valence-corrected chi connectivity index (χ3v) is 6.31. The maximum Gasteiger partial charge on any atom is 0.310 e. The summed E-state index contributed by atoms with van der Waals surface area (Å²) in [6.45, 7) is 7.40. The number of ether oxygens (including phenoxy) is 1. The van der Waals surface area contributed by atoms with E-state index >= 15 is 0 Å². The van der Waals surface area contributed by atoms with Crippen LogP contribution in [0, 0.1) is 11.3 Å². The molecule has 0 saturated carbocycles. The molecule has 0 aromatic heterocycles. The summed E-state index contributed by atoms with van der Waals surface area (Å²) in [5.41, 5.74) is 0.413. The zero-order chi connectivity index (χ0) is 19.1. The Morgan fingerprint density at radius 2 is 1.92 bits per heavy atom. The van der Waals surface area contributed by atoms with E-state index in [4.69, 9.17) is 4.74 Å². The van der Waals surface area contributed by atoms with Gasteiger partial charge in [-0.1, -0.05) is 51.1 Å². The van der Waals surface area contributed by atoms with Gasteiger partial charge in [0, 0.05) is 11.2 Å². The highest BCUT2D eigenvalue weighted by atomic mass is 32.2. The van der Waals surface area contributed by atoms with E-state index < -0.39 is 11.5 Å². The molecule has 0 bridgehead atoms. The number of benzene rings is 1. The molecule has 26 heavy (non-hydrogen) atoms. The number of ketones is 1. The summed E-state index contributed by atoms with van der Waals surface area (Å²) >= 11 is 1.61. The molecule has 1 amide bonds. The van der Waals surface area contributed by atoms with Gasteiger partial charge in [-0.2, -0.15) is 0 Å². The number of carbonyl (C=O) groups is 3. The van der Waals surface area contributed by atoms with Crippen LogP contribution in [0.5, 0.6) is 0 Å². The van der Waals surface area contributed by atoms with Gasteiger partial charge >= 0.3 is 5.97 Å². The van der Waals surface area contributed by atoms with Crippen LogP contribution >= 0.6 is 11.8 Å². The monoisotopic (exact) mass is 375 g/mol. The molecule has 0 spiro atoms. The Bertz CT molecular complexity index is 712. The zero-order valence-corrected chi connectivity index (χ0v) is 16.4. The van der Waals surface area contributed by atoms with Crippen molar-refractivity contribution in [3.05, 3.63) is 35.9 Å². The van der Waals surface area contributed by atoms with Crippen molar-refractivity contribution in [3.63, 3.8) is 0 Å². The van der Waals surface area contributed by atoms with Crippen molar-refractivity contribution >= 4 is 29.4 Å². The highest BCUT2D eigenvalue weighted by Crippen LogP contribution is 2.46. The van der Waals surface area contributed by atoms with Gasteiger partial charge in [0.05, 0.1) is 11.8 Å². The molecule has 140 valence electrons. The van der Waals surface area contributed by atoms with Crippen molar-refractivity contribution < 1.29 is 19.1 Å². The smallest absolute Gasteiger partial charge is 0.310 e. The number of amides is 1. The lowest BCUT2D eigenvalue weighted by Crippen LogP contribution is -2.65. The molecule has 2 aliphatic heterocycles. The number of thioether (sulfide) groups is 1. The summed E-state index contributed by atoms with van der Waals surface area (Å²) in [5, 5.41) is -0.0710. The van der Waals surface area contributed by atoms with Gasteiger partial charge in [-0.25, -0.2) is 0 Å². The Morgan fingerprint density at radius 3 is 2.54 bits per heavy atom. The molecule has 2 fully saturated rings. The molecule has 5 nitrogen and oxygen atoms in total. The number of nitrogens with zero attached hydrogens (tertiary/aromatic N) is 1. The zero-order valence-electron chi connectivity index (χ0n) is 15.6.